The van der Waals surface area contributed by atoms with Crippen LogP contribution in [-0.4, -0.2) is 44.4 Å². The number of nitrogens with one attached hydrogen (secondary N) is 1. The largest absolute Gasteiger partial charge is 0.393 e. The lowest BCUT2D eigenvalue weighted by Gasteiger charge is -2.23. The normalized spacial score (nSPS) is 29.4. The molecule has 1 aliphatic rings. The zero-order valence-corrected chi connectivity index (χ0v) is 12.9. The van der Waals surface area contributed by atoms with Crippen molar-refractivity contribution in [2.45, 2.75) is 50.4 Å². The van der Waals surface area contributed by atoms with Gasteiger partial charge in [-0.15, -0.1) is 0 Å². The van der Waals surface area contributed by atoms with Crippen LogP contribution in [0.1, 0.15) is 31.6 Å². The Hall–Kier alpha value is -2.20. The minimum atomic E-state index is -2.24. The SMILES string of the molecule is CCCCc1cn([C@@H]2O[C@@](CO)(N=[N+]=[N-])[C@@H](O)[C@@H]2F)c(=O)[nH]c1=O. The number of aryl methyl sites for hydroxylation is 1. The summed E-state index contributed by atoms with van der Waals surface area (Å²) in [5.74, 6) is 0. The fraction of sp³-hybridized carbons (Fsp3) is 0.692. The number of unbranched alkanes of at least 4 members (excludes halogenated alkanes) is 1. The van der Waals surface area contributed by atoms with Crippen molar-refractivity contribution in [2.75, 3.05) is 6.61 Å². The van der Waals surface area contributed by atoms with Gasteiger partial charge in [-0.1, -0.05) is 18.5 Å². The zero-order chi connectivity index (χ0) is 17.9. The van der Waals surface area contributed by atoms with E-state index in [1.54, 1.807) is 0 Å². The minimum absolute atomic E-state index is 0.257. The van der Waals surface area contributed by atoms with Crippen molar-refractivity contribution in [1.82, 2.24) is 9.55 Å². The van der Waals surface area contributed by atoms with E-state index < -0.39 is 42.1 Å². The Morgan fingerprint density at radius 3 is 2.88 bits per heavy atom. The lowest BCUT2D eigenvalue weighted by molar-refractivity contribution is -0.124. The summed E-state index contributed by atoms with van der Waals surface area (Å²) < 4.78 is 20.4. The number of hydrogen-bond acceptors (Lipinski definition) is 6. The maximum atomic E-state index is 14.4. The van der Waals surface area contributed by atoms with E-state index in [1.165, 1.54) is 0 Å². The first-order valence-corrected chi connectivity index (χ1v) is 7.41. The lowest BCUT2D eigenvalue weighted by Crippen LogP contribution is -2.43. The van der Waals surface area contributed by atoms with E-state index in [-0.39, 0.29) is 5.56 Å². The van der Waals surface area contributed by atoms with Crippen molar-refractivity contribution >= 4 is 0 Å². The number of H-pyrrole nitrogens is 1. The number of rotatable bonds is 6. The maximum Gasteiger partial charge on any atom is 0.330 e. The topological polar surface area (TPSA) is 153 Å². The summed E-state index contributed by atoms with van der Waals surface area (Å²) in [6, 6.07) is 0. The van der Waals surface area contributed by atoms with Gasteiger partial charge < -0.3 is 14.9 Å². The van der Waals surface area contributed by atoms with E-state index in [2.05, 4.69) is 15.0 Å². The van der Waals surface area contributed by atoms with Crippen LogP contribution in [0.25, 0.3) is 10.4 Å². The molecule has 0 saturated carbocycles. The summed E-state index contributed by atoms with van der Waals surface area (Å²) in [6.07, 6.45) is -2.74. The Morgan fingerprint density at radius 2 is 2.29 bits per heavy atom. The fourth-order valence-corrected chi connectivity index (χ4v) is 2.54. The van der Waals surface area contributed by atoms with E-state index in [9.17, 15) is 24.2 Å². The van der Waals surface area contributed by atoms with Crippen molar-refractivity contribution < 1.29 is 19.3 Å². The van der Waals surface area contributed by atoms with Gasteiger partial charge in [0.05, 0.1) is 6.61 Å². The molecule has 1 saturated heterocycles. The molecule has 3 N–H and O–H groups in total. The molecule has 0 aliphatic carbocycles. The molecule has 1 aromatic rings. The Morgan fingerprint density at radius 1 is 1.58 bits per heavy atom. The van der Waals surface area contributed by atoms with Gasteiger partial charge in [-0.2, -0.15) is 0 Å². The van der Waals surface area contributed by atoms with Crippen LogP contribution in [-0.2, 0) is 11.2 Å². The highest BCUT2D eigenvalue weighted by atomic mass is 19.1. The fourth-order valence-electron chi connectivity index (χ4n) is 2.54. The average molecular weight is 343 g/mol. The van der Waals surface area contributed by atoms with Crippen molar-refractivity contribution in [1.29, 1.82) is 0 Å². The first kappa shape index (κ1) is 18.1. The number of aliphatic hydroxyl groups excluding tert-OH is 2. The standard InChI is InChI=1S/C13H18FN5O5/c1-2-3-4-7-5-19(12(23)16-10(7)22)11-8(14)9(21)13(6-20,24-11)17-18-15/h5,8-9,11,20-21H,2-4,6H2,1H3,(H,16,22,23)/t8-,9-,11+,13+/m0/s1. The molecule has 24 heavy (non-hydrogen) atoms. The minimum Gasteiger partial charge on any atom is -0.393 e. The van der Waals surface area contributed by atoms with Gasteiger partial charge in [-0.05, 0) is 18.4 Å². The predicted octanol–water partition coefficient (Wildman–Crippen LogP) is 0.106. The Bertz CT molecular complexity index is 758. The molecule has 0 amide bonds. The summed E-state index contributed by atoms with van der Waals surface area (Å²) in [7, 11) is 0. The number of hydrogen-bond donors (Lipinski definition) is 3. The monoisotopic (exact) mass is 343 g/mol. The third-order valence-electron chi connectivity index (χ3n) is 3.92. The first-order chi connectivity index (χ1) is 11.4. The van der Waals surface area contributed by atoms with Crippen LogP contribution < -0.4 is 11.2 Å². The molecule has 0 radical (unpaired) electrons. The third-order valence-corrected chi connectivity index (χ3v) is 3.92. The summed E-state index contributed by atoms with van der Waals surface area (Å²) in [4.78, 5) is 28.3. The van der Waals surface area contributed by atoms with E-state index in [0.717, 1.165) is 17.2 Å². The highest BCUT2D eigenvalue weighted by Crippen LogP contribution is 2.39. The molecule has 1 aromatic heterocycles. The number of aliphatic hydroxyl groups is 2. The van der Waals surface area contributed by atoms with E-state index in [0.29, 0.717) is 12.8 Å². The highest BCUT2D eigenvalue weighted by molar-refractivity contribution is 5.07. The average Bonchev–Trinajstić information content (AvgIpc) is 2.80. The van der Waals surface area contributed by atoms with Crippen molar-refractivity contribution in [2.24, 2.45) is 5.11 Å². The van der Waals surface area contributed by atoms with Gasteiger partial charge in [0.25, 0.3) is 5.56 Å². The summed E-state index contributed by atoms with van der Waals surface area (Å²) >= 11 is 0. The second-order valence-corrected chi connectivity index (χ2v) is 5.51. The molecule has 132 valence electrons. The van der Waals surface area contributed by atoms with Gasteiger partial charge in [0.15, 0.2) is 12.4 Å². The molecular weight excluding hydrogens is 325 g/mol. The zero-order valence-electron chi connectivity index (χ0n) is 12.9. The molecule has 4 atom stereocenters. The van der Waals surface area contributed by atoms with E-state index in [4.69, 9.17) is 10.3 Å². The number of azide groups is 1. The van der Waals surface area contributed by atoms with Gasteiger partial charge in [0.1, 0.15) is 6.10 Å². The summed E-state index contributed by atoms with van der Waals surface area (Å²) in [6.45, 7) is 0.948. The molecule has 1 aliphatic heterocycles. The van der Waals surface area contributed by atoms with Crippen LogP contribution in [0.4, 0.5) is 4.39 Å². The first-order valence-electron chi connectivity index (χ1n) is 7.41. The van der Waals surface area contributed by atoms with Crippen molar-refractivity contribution in [3.8, 4) is 0 Å². The Balaban J connectivity index is 2.46. The molecule has 0 aromatic carbocycles. The smallest absolute Gasteiger partial charge is 0.330 e. The number of aromatic nitrogens is 2. The quantitative estimate of drug-likeness (QED) is 0.380. The van der Waals surface area contributed by atoms with Crippen LogP contribution in [0.15, 0.2) is 20.9 Å². The number of alkyl halides is 1. The molecule has 0 unspecified atom stereocenters. The van der Waals surface area contributed by atoms with Gasteiger partial charge in [-0.25, -0.2) is 9.18 Å². The maximum absolute atomic E-state index is 14.4. The number of nitrogens with zero attached hydrogens (tertiary/aromatic N) is 4. The third kappa shape index (κ3) is 3.06. The summed E-state index contributed by atoms with van der Waals surface area (Å²) in [5.41, 5.74) is 5.04. The molecule has 1 fully saturated rings. The van der Waals surface area contributed by atoms with Gasteiger partial charge >= 0.3 is 5.69 Å². The number of ether oxygens (including phenoxy) is 1. The second kappa shape index (κ2) is 7.14. The van der Waals surface area contributed by atoms with E-state index >= 15 is 0 Å². The predicted molar refractivity (Wildman–Crippen MR) is 79.9 cm³/mol. The van der Waals surface area contributed by atoms with Crippen molar-refractivity contribution in [3.05, 3.63) is 43.0 Å². The van der Waals surface area contributed by atoms with Gasteiger partial charge in [0.2, 0.25) is 5.72 Å². The molecular formula is C13H18FN5O5. The van der Waals surface area contributed by atoms with Crippen LogP contribution in [0, 0.1) is 0 Å². The number of halogens is 1. The van der Waals surface area contributed by atoms with Crippen molar-refractivity contribution in [3.63, 3.8) is 0 Å². The highest BCUT2D eigenvalue weighted by Gasteiger charge is 2.56. The Labute approximate surface area is 135 Å². The Kier molecular flexibility index (Phi) is 5.40. The number of aromatic amines is 1. The van der Waals surface area contributed by atoms with Gasteiger partial charge in [0, 0.05) is 16.7 Å². The lowest BCUT2D eigenvalue weighted by atomic mass is 10.1. The van der Waals surface area contributed by atoms with Crippen LogP contribution >= 0.6 is 0 Å². The van der Waals surface area contributed by atoms with Crippen LogP contribution in [0.3, 0.4) is 0 Å². The molecule has 2 heterocycles. The van der Waals surface area contributed by atoms with Crippen LogP contribution in [0.5, 0.6) is 0 Å². The molecule has 0 bridgehead atoms. The van der Waals surface area contributed by atoms with Crippen LogP contribution in [0.2, 0.25) is 0 Å². The molecule has 0 spiro atoms. The second-order valence-electron chi connectivity index (χ2n) is 5.51. The molecule has 2 rings (SSSR count). The summed E-state index contributed by atoms with van der Waals surface area (Å²) in [5, 5.41) is 22.4. The molecule has 11 heteroatoms. The molecule has 10 nitrogen and oxygen atoms in total. The van der Waals surface area contributed by atoms with Gasteiger partial charge in [-0.3, -0.25) is 14.3 Å². The van der Waals surface area contributed by atoms with E-state index in [1.807, 2.05) is 6.92 Å².